The summed E-state index contributed by atoms with van der Waals surface area (Å²) in [4.78, 5) is 117. The minimum Gasteiger partial charge on any atom is -0.461 e. The van der Waals surface area contributed by atoms with Gasteiger partial charge in [0, 0.05) is 50.8 Å². The Bertz CT molecular complexity index is 1710. The van der Waals surface area contributed by atoms with Gasteiger partial charge in [-0.3, -0.25) is 43.2 Å². The van der Waals surface area contributed by atoms with Crippen molar-refractivity contribution in [2.75, 3.05) is 77.8 Å². The predicted molar refractivity (Wildman–Crippen MR) is 265 cm³/mol. The standard InChI is InChI=1S/C38H60N6O13.C4H10N2O.C3H7NO.C2H6/c1-25(2)31(46)12-14-53-16-18-55-20-21-56-19-17-54-15-13-33(48)43-30(10-11-32(39)47)37(51)40-23-35(50)44-36(26(3)4)38(52)41-22-34(49)42-29-8-6-28(7-9-29)24-57-27(5)45;1-2-3-6-4(5)7;1-2-3(4)5;1-2/h6-9,25-26,30,36H,10-24H2,1-5H3,(H2,39,47)(H,40,51)(H,41,52)(H,42,49)(H,43,48)(H,44,50);2-3H2,1H3,(H3,5,6,7);2H2,1H3,(H2,4,5);1-2H3. The molecule has 0 saturated carbocycles. The number of anilines is 1. The molecular weight excluding hydrogens is 931 g/mol. The van der Waals surface area contributed by atoms with Crippen LogP contribution in [-0.4, -0.2) is 144 Å². The fourth-order valence-electron chi connectivity index (χ4n) is 4.86. The Morgan fingerprint density at radius 2 is 1.08 bits per heavy atom. The third kappa shape index (κ3) is 43.5. The monoisotopic (exact) mass is 1010 g/mol. The van der Waals surface area contributed by atoms with E-state index in [1.807, 2.05) is 34.6 Å². The first-order valence-electron chi connectivity index (χ1n) is 23.7. The number of rotatable bonds is 34. The molecule has 24 heteroatoms. The number of hydrogen-bond donors (Lipinski definition) is 9. The highest BCUT2D eigenvalue weighted by molar-refractivity contribution is 5.97. The number of hydrogen-bond acceptors (Lipinski definition) is 15. The van der Waals surface area contributed by atoms with Crippen molar-refractivity contribution in [2.24, 2.45) is 29.0 Å². The van der Waals surface area contributed by atoms with Crippen molar-refractivity contribution in [3.8, 4) is 0 Å². The Morgan fingerprint density at radius 3 is 1.52 bits per heavy atom. The number of urea groups is 1. The molecule has 1 aromatic carbocycles. The Kier molecular flexibility index (Phi) is 43.7. The van der Waals surface area contributed by atoms with Gasteiger partial charge in [-0.2, -0.15) is 0 Å². The van der Waals surface area contributed by atoms with Gasteiger partial charge < -0.3 is 72.8 Å². The third-order valence-corrected chi connectivity index (χ3v) is 8.75. The maximum absolute atomic E-state index is 12.9. The smallest absolute Gasteiger partial charge is 0.312 e. The Balaban J connectivity index is -0.00000288. The number of nitrogens with one attached hydrogen (secondary N) is 6. The molecule has 0 spiro atoms. The van der Waals surface area contributed by atoms with E-state index in [2.05, 4.69) is 37.6 Å². The first kappa shape index (κ1) is 69.0. The van der Waals surface area contributed by atoms with Crippen LogP contribution in [0.3, 0.4) is 0 Å². The molecule has 0 fully saturated rings. The van der Waals surface area contributed by atoms with Crippen LogP contribution in [0.25, 0.3) is 0 Å². The van der Waals surface area contributed by atoms with Gasteiger partial charge in [0.2, 0.25) is 41.4 Å². The zero-order valence-electron chi connectivity index (χ0n) is 43.2. The average molecular weight is 1010 g/mol. The summed E-state index contributed by atoms with van der Waals surface area (Å²) in [5.41, 5.74) is 15.8. The number of Topliss-reactive ketones (excluding diaryl/α,β-unsaturated/α-hetero) is 1. The minimum absolute atomic E-state index is 0.00481. The highest BCUT2D eigenvalue weighted by Gasteiger charge is 2.26. The molecule has 71 heavy (non-hydrogen) atoms. The van der Waals surface area contributed by atoms with E-state index in [0.29, 0.717) is 58.1 Å². The summed E-state index contributed by atoms with van der Waals surface area (Å²) in [5.74, 6) is -4.73. The third-order valence-electron chi connectivity index (χ3n) is 8.75. The Morgan fingerprint density at radius 1 is 0.592 bits per heavy atom. The summed E-state index contributed by atoms with van der Waals surface area (Å²) in [6.45, 7) is 18.2. The van der Waals surface area contributed by atoms with Crippen molar-refractivity contribution in [3.63, 3.8) is 0 Å². The first-order chi connectivity index (χ1) is 33.6. The van der Waals surface area contributed by atoms with Gasteiger partial charge in [-0.1, -0.05) is 67.5 Å². The van der Waals surface area contributed by atoms with Crippen molar-refractivity contribution >= 4 is 64.8 Å². The number of carbonyl (C=O) groups is 10. The fraction of sp³-hybridized carbons (Fsp3) is 0.660. The van der Waals surface area contributed by atoms with E-state index in [0.717, 1.165) is 12.0 Å². The molecule has 0 aliphatic heterocycles. The zero-order chi connectivity index (χ0) is 54.6. The van der Waals surface area contributed by atoms with Crippen LogP contribution in [0.1, 0.15) is 106 Å². The summed E-state index contributed by atoms with van der Waals surface area (Å²) >= 11 is 0. The molecule has 406 valence electrons. The van der Waals surface area contributed by atoms with Gasteiger partial charge in [0.25, 0.3) is 0 Å². The number of primary amides is 3. The SMILES string of the molecule is CC.CC(=O)OCc1ccc(NC(=O)CNC(=O)C(NC(=O)CNC(=O)C(CCC(N)=O)NC(=O)CCOCCOCCOCCOCCC(=O)C(C)C)C(C)C)cc1.CCC(N)=O.CCCNC(N)=O. The van der Waals surface area contributed by atoms with E-state index in [-0.39, 0.29) is 69.8 Å². The largest absolute Gasteiger partial charge is 0.461 e. The number of ketones is 1. The van der Waals surface area contributed by atoms with Crippen LogP contribution < -0.4 is 49.1 Å². The van der Waals surface area contributed by atoms with Crippen LogP contribution in [0.15, 0.2) is 24.3 Å². The van der Waals surface area contributed by atoms with Crippen LogP contribution in [0.4, 0.5) is 10.5 Å². The lowest BCUT2D eigenvalue weighted by Gasteiger charge is -2.22. The lowest BCUT2D eigenvalue weighted by Crippen LogP contribution is -2.54. The maximum Gasteiger partial charge on any atom is 0.312 e. The van der Waals surface area contributed by atoms with Crippen molar-refractivity contribution in [1.29, 1.82) is 0 Å². The van der Waals surface area contributed by atoms with E-state index < -0.39 is 72.0 Å². The Labute approximate surface area is 418 Å². The molecule has 12 N–H and O–H groups in total. The number of amides is 9. The normalized spacial score (nSPS) is 11.0. The topological polar surface area (TPSA) is 367 Å². The van der Waals surface area contributed by atoms with Gasteiger partial charge in [-0.05, 0) is 36.5 Å². The summed E-state index contributed by atoms with van der Waals surface area (Å²) in [5, 5.41) is 15.0. The van der Waals surface area contributed by atoms with Gasteiger partial charge in [0.15, 0.2) is 0 Å². The van der Waals surface area contributed by atoms with Gasteiger partial charge >= 0.3 is 12.0 Å². The summed E-state index contributed by atoms with van der Waals surface area (Å²) in [6, 6.07) is 3.90. The number of esters is 1. The summed E-state index contributed by atoms with van der Waals surface area (Å²) in [6.07, 6.45) is 1.33. The second kappa shape index (κ2) is 44.9. The number of benzene rings is 1. The summed E-state index contributed by atoms with van der Waals surface area (Å²) in [7, 11) is 0. The molecule has 1 rings (SSSR count). The van der Waals surface area contributed by atoms with Crippen molar-refractivity contribution in [2.45, 2.75) is 120 Å². The van der Waals surface area contributed by atoms with Crippen LogP contribution >= 0.6 is 0 Å². The molecule has 0 saturated heterocycles. The first-order valence-corrected chi connectivity index (χ1v) is 23.7. The van der Waals surface area contributed by atoms with Gasteiger partial charge in [0.05, 0.1) is 65.9 Å². The molecule has 9 amide bonds. The molecule has 0 aliphatic rings. The molecular formula is C47H83N9O15. The van der Waals surface area contributed by atoms with Crippen molar-refractivity contribution < 1.29 is 71.6 Å². The Hall–Kier alpha value is -6.24. The van der Waals surface area contributed by atoms with E-state index in [1.165, 1.54) is 6.92 Å². The van der Waals surface area contributed by atoms with Gasteiger partial charge in [-0.15, -0.1) is 0 Å². The highest BCUT2D eigenvalue weighted by Crippen LogP contribution is 2.11. The predicted octanol–water partition coefficient (Wildman–Crippen LogP) is 0.856. The molecule has 0 bridgehead atoms. The molecule has 24 nitrogen and oxygen atoms in total. The molecule has 0 aromatic heterocycles. The van der Waals surface area contributed by atoms with Gasteiger partial charge in [0.1, 0.15) is 24.5 Å². The molecule has 0 aliphatic carbocycles. The number of carbonyl (C=O) groups excluding carboxylic acids is 10. The lowest BCUT2D eigenvalue weighted by molar-refractivity contribution is -0.142. The second-order valence-corrected chi connectivity index (χ2v) is 15.6. The van der Waals surface area contributed by atoms with Crippen LogP contribution in [-0.2, 0) is 73.4 Å². The van der Waals surface area contributed by atoms with Crippen LogP contribution in [0.2, 0.25) is 0 Å². The molecule has 2 atom stereocenters. The second-order valence-electron chi connectivity index (χ2n) is 15.6. The van der Waals surface area contributed by atoms with Crippen molar-refractivity contribution in [3.05, 3.63) is 29.8 Å². The summed E-state index contributed by atoms with van der Waals surface area (Å²) < 4.78 is 26.5. The van der Waals surface area contributed by atoms with Crippen molar-refractivity contribution in [1.82, 2.24) is 26.6 Å². The molecule has 0 heterocycles. The maximum atomic E-state index is 12.9. The van der Waals surface area contributed by atoms with E-state index in [9.17, 15) is 47.9 Å². The molecule has 1 aromatic rings. The zero-order valence-corrected chi connectivity index (χ0v) is 43.2. The minimum atomic E-state index is -1.18. The molecule has 0 radical (unpaired) electrons. The van der Waals surface area contributed by atoms with Crippen LogP contribution in [0, 0.1) is 11.8 Å². The van der Waals surface area contributed by atoms with E-state index in [1.54, 1.807) is 45.0 Å². The lowest BCUT2D eigenvalue weighted by atomic mass is 10.0. The highest BCUT2D eigenvalue weighted by atomic mass is 16.6. The van der Waals surface area contributed by atoms with E-state index in [4.69, 9.17) is 35.2 Å². The van der Waals surface area contributed by atoms with Gasteiger partial charge in [-0.25, -0.2) is 4.79 Å². The fourth-order valence-corrected chi connectivity index (χ4v) is 4.86. The van der Waals surface area contributed by atoms with Crippen LogP contribution in [0.5, 0.6) is 0 Å². The van der Waals surface area contributed by atoms with E-state index >= 15 is 0 Å². The quantitative estimate of drug-likeness (QED) is 0.0342. The number of ether oxygens (including phenoxy) is 5. The molecule has 2 unspecified atom stereocenters. The number of nitrogens with two attached hydrogens (primary N) is 3. The average Bonchev–Trinajstić information content (AvgIpc) is 3.32.